The average molecular weight is 300 g/mol. The van der Waals surface area contributed by atoms with Crippen LogP contribution < -0.4 is 5.32 Å². The fraction of sp³-hybridized carbons (Fsp3) is 0.875. The maximum Gasteiger partial charge on any atom is 0.329 e. The third-order valence-corrected chi connectivity index (χ3v) is 3.97. The Kier molecular flexibility index (Phi) is 9.84. The highest BCUT2D eigenvalue weighted by Crippen LogP contribution is 2.12. The summed E-state index contributed by atoms with van der Waals surface area (Å²) in [5.74, 6) is -1.01. The molecule has 124 valence electrons. The molecule has 2 N–H and O–H groups in total. The molecule has 0 bridgehead atoms. The van der Waals surface area contributed by atoms with E-state index in [2.05, 4.69) is 12.2 Å². The predicted octanol–water partition coefficient (Wildman–Crippen LogP) is 3.63. The van der Waals surface area contributed by atoms with Gasteiger partial charge in [-0.3, -0.25) is 0 Å². The van der Waals surface area contributed by atoms with Gasteiger partial charge in [0.1, 0.15) is 5.54 Å². The zero-order chi connectivity index (χ0) is 16.3. The molecule has 0 aromatic carbocycles. The molecule has 0 aliphatic rings. The van der Waals surface area contributed by atoms with Crippen molar-refractivity contribution in [3.63, 3.8) is 0 Å². The zero-order valence-electron chi connectivity index (χ0n) is 14.1. The first-order valence-corrected chi connectivity index (χ1v) is 8.09. The molecule has 0 rings (SSSR count). The maximum atomic E-state index is 11.9. The van der Waals surface area contributed by atoms with Crippen molar-refractivity contribution >= 4 is 12.0 Å². The Morgan fingerprint density at radius 3 is 1.95 bits per heavy atom. The second-order valence-corrected chi connectivity index (χ2v) is 6.13. The lowest BCUT2D eigenvalue weighted by molar-refractivity contribution is -0.146. The van der Waals surface area contributed by atoms with Crippen molar-refractivity contribution in [2.75, 3.05) is 13.6 Å². The standard InChI is InChI=1S/C16H32N2O3/c1-5-6-7-8-9-10-11-12-13-17-15(21)18(4)16(2,3)14(19)20/h5-13H2,1-4H3,(H,17,21)(H,19,20). The molecule has 0 radical (unpaired) electrons. The summed E-state index contributed by atoms with van der Waals surface area (Å²) in [6.45, 7) is 5.86. The number of hydrogen-bond acceptors (Lipinski definition) is 2. The van der Waals surface area contributed by atoms with Crippen LogP contribution in [0, 0.1) is 0 Å². The number of nitrogens with one attached hydrogen (secondary N) is 1. The summed E-state index contributed by atoms with van der Waals surface area (Å²) in [5.41, 5.74) is -1.19. The molecule has 2 amide bonds. The van der Waals surface area contributed by atoms with Gasteiger partial charge in [-0.1, -0.05) is 51.9 Å². The van der Waals surface area contributed by atoms with Gasteiger partial charge in [0, 0.05) is 13.6 Å². The van der Waals surface area contributed by atoms with E-state index in [0.717, 1.165) is 12.8 Å². The molecular formula is C16H32N2O3. The van der Waals surface area contributed by atoms with E-state index in [1.165, 1.54) is 64.3 Å². The summed E-state index contributed by atoms with van der Waals surface area (Å²) in [5, 5.41) is 11.8. The van der Waals surface area contributed by atoms with Crippen LogP contribution in [0.3, 0.4) is 0 Å². The summed E-state index contributed by atoms with van der Waals surface area (Å²) >= 11 is 0. The molecule has 5 nitrogen and oxygen atoms in total. The van der Waals surface area contributed by atoms with E-state index in [9.17, 15) is 9.59 Å². The summed E-state index contributed by atoms with van der Waals surface area (Å²) in [6, 6.07) is -0.328. The molecule has 0 heterocycles. The Morgan fingerprint density at radius 2 is 1.48 bits per heavy atom. The third kappa shape index (κ3) is 7.93. The fourth-order valence-electron chi connectivity index (χ4n) is 1.97. The highest BCUT2D eigenvalue weighted by atomic mass is 16.4. The Bertz CT molecular complexity index is 317. The van der Waals surface area contributed by atoms with E-state index in [1.54, 1.807) is 0 Å². The number of carboxylic acids is 1. The minimum atomic E-state index is -1.19. The molecule has 21 heavy (non-hydrogen) atoms. The van der Waals surface area contributed by atoms with E-state index in [1.807, 2.05) is 0 Å². The number of aliphatic carboxylic acids is 1. The smallest absolute Gasteiger partial charge is 0.329 e. The van der Waals surface area contributed by atoms with E-state index in [-0.39, 0.29) is 6.03 Å². The van der Waals surface area contributed by atoms with Gasteiger partial charge in [-0.05, 0) is 20.3 Å². The highest BCUT2D eigenvalue weighted by Gasteiger charge is 2.34. The van der Waals surface area contributed by atoms with Crippen LogP contribution in [-0.2, 0) is 4.79 Å². The van der Waals surface area contributed by atoms with Crippen LogP contribution in [0.15, 0.2) is 0 Å². The summed E-state index contributed by atoms with van der Waals surface area (Å²) in [7, 11) is 1.51. The van der Waals surface area contributed by atoms with Gasteiger partial charge < -0.3 is 15.3 Å². The van der Waals surface area contributed by atoms with Crippen LogP contribution in [0.5, 0.6) is 0 Å². The van der Waals surface area contributed by atoms with Crippen LogP contribution in [0.4, 0.5) is 4.79 Å². The number of urea groups is 1. The first kappa shape index (κ1) is 19.7. The van der Waals surface area contributed by atoms with Crippen LogP contribution in [0.25, 0.3) is 0 Å². The molecule has 0 aromatic rings. The maximum absolute atomic E-state index is 11.9. The van der Waals surface area contributed by atoms with E-state index >= 15 is 0 Å². The zero-order valence-corrected chi connectivity index (χ0v) is 14.1. The molecule has 5 heteroatoms. The van der Waals surface area contributed by atoms with Gasteiger partial charge in [0.15, 0.2) is 0 Å². The second-order valence-electron chi connectivity index (χ2n) is 6.13. The first-order valence-electron chi connectivity index (χ1n) is 8.09. The number of amides is 2. The first-order chi connectivity index (χ1) is 9.84. The lowest BCUT2D eigenvalue weighted by atomic mass is 10.1. The lowest BCUT2D eigenvalue weighted by Crippen LogP contribution is -2.54. The number of carboxylic acid groups (broad SMARTS) is 1. The van der Waals surface area contributed by atoms with Gasteiger partial charge >= 0.3 is 12.0 Å². The molecule has 0 spiro atoms. The van der Waals surface area contributed by atoms with Crippen LogP contribution in [-0.4, -0.2) is 41.1 Å². The van der Waals surface area contributed by atoms with Crippen molar-refractivity contribution in [3.8, 4) is 0 Å². The third-order valence-electron chi connectivity index (χ3n) is 3.97. The number of hydrogen-bond donors (Lipinski definition) is 2. The highest BCUT2D eigenvalue weighted by molar-refractivity contribution is 5.85. The van der Waals surface area contributed by atoms with Crippen LogP contribution in [0.2, 0.25) is 0 Å². The SMILES string of the molecule is CCCCCCCCCCNC(=O)N(C)C(C)(C)C(=O)O. The van der Waals surface area contributed by atoms with Gasteiger partial charge in [0.05, 0.1) is 0 Å². The number of nitrogens with zero attached hydrogens (tertiary/aromatic N) is 1. The molecule has 0 aliphatic carbocycles. The van der Waals surface area contributed by atoms with E-state index in [0.29, 0.717) is 6.54 Å². The van der Waals surface area contributed by atoms with Crippen molar-refractivity contribution in [2.24, 2.45) is 0 Å². The van der Waals surface area contributed by atoms with Gasteiger partial charge in [-0.25, -0.2) is 9.59 Å². The van der Waals surface area contributed by atoms with Crippen molar-refractivity contribution in [1.82, 2.24) is 10.2 Å². The summed E-state index contributed by atoms with van der Waals surface area (Å²) in [4.78, 5) is 24.2. The quantitative estimate of drug-likeness (QED) is 0.572. The molecule has 0 fully saturated rings. The molecule has 0 aromatic heterocycles. The Hall–Kier alpha value is -1.26. The van der Waals surface area contributed by atoms with Crippen molar-refractivity contribution in [2.45, 2.75) is 77.7 Å². The van der Waals surface area contributed by atoms with Crippen LogP contribution >= 0.6 is 0 Å². The van der Waals surface area contributed by atoms with E-state index in [4.69, 9.17) is 5.11 Å². The molecular weight excluding hydrogens is 268 g/mol. The fourth-order valence-corrected chi connectivity index (χ4v) is 1.97. The molecule has 0 unspecified atom stereocenters. The number of rotatable bonds is 11. The van der Waals surface area contributed by atoms with Crippen molar-refractivity contribution in [3.05, 3.63) is 0 Å². The average Bonchev–Trinajstić information content (AvgIpc) is 2.44. The Morgan fingerprint density at radius 1 is 1.00 bits per heavy atom. The minimum absolute atomic E-state index is 0.328. The predicted molar refractivity (Wildman–Crippen MR) is 85.5 cm³/mol. The second kappa shape index (κ2) is 10.5. The number of carbonyl (C=O) groups is 2. The molecule has 0 saturated heterocycles. The van der Waals surface area contributed by atoms with Crippen LogP contribution in [0.1, 0.15) is 72.1 Å². The normalized spacial score (nSPS) is 11.2. The van der Waals surface area contributed by atoms with Gasteiger partial charge in [0.25, 0.3) is 0 Å². The van der Waals surface area contributed by atoms with Crippen molar-refractivity contribution < 1.29 is 14.7 Å². The topological polar surface area (TPSA) is 69.6 Å². The van der Waals surface area contributed by atoms with E-state index < -0.39 is 11.5 Å². The molecule has 0 atom stereocenters. The number of carbonyl (C=O) groups excluding carboxylic acids is 1. The largest absolute Gasteiger partial charge is 0.480 e. The monoisotopic (exact) mass is 300 g/mol. The molecule has 0 aliphatic heterocycles. The number of likely N-dealkylation sites (N-methyl/N-ethyl adjacent to an activating group) is 1. The Balaban J connectivity index is 3.69. The van der Waals surface area contributed by atoms with Crippen molar-refractivity contribution in [1.29, 1.82) is 0 Å². The van der Waals surface area contributed by atoms with Gasteiger partial charge in [-0.15, -0.1) is 0 Å². The minimum Gasteiger partial charge on any atom is -0.480 e. The number of unbranched alkanes of at least 4 members (excludes halogenated alkanes) is 7. The Labute approximate surface area is 129 Å². The van der Waals surface area contributed by atoms with Gasteiger partial charge in [0.2, 0.25) is 0 Å². The molecule has 0 saturated carbocycles. The lowest BCUT2D eigenvalue weighted by Gasteiger charge is -2.31. The summed E-state index contributed by atoms with van der Waals surface area (Å²) < 4.78 is 0. The summed E-state index contributed by atoms with van der Waals surface area (Å²) in [6.07, 6.45) is 9.74. The van der Waals surface area contributed by atoms with Gasteiger partial charge in [-0.2, -0.15) is 0 Å².